The van der Waals surface area contributed by atoms with Crippen molar-refractivity contribution < 1.29 is 19.1 Å². The first-order valence-electron chi connectivity index (χ1n) is 8.46. The first-order chi connectivity index (χ1) is 13.6. The quantitative estimate of drug-likeness (QED) is 0.634. The van der Waals surface area contributed by atoms with E-state index < -0.39 is 0 Å². The minimum Gasteiger partial charge on any atom is -0.496 e. The number of methoxy groups -OCH3 is 2. The lowest BCUT2D eigenvalue weighted by Crippen LogP contribution is -2.13. The van der Waals surface area contributed by atoms with Crippen LogP contribution in [0.4, 0.5) is 17.2 Å². The molecule has 1 heterocycles. The van der Waals surface area contributed by atoms with Crippen LogP contribution >= 0.6 is 0 Å². The maximum absolute atomic E-state index is 12.4. The molecule has 0 unspecified atom stereocenters. The van der Waals surface area contributed by atoms with E-state index in [4.69, 9.17) is 4.74 Å². The van der Waals surface area contributed by atoms with Gasteiger partial charge in [-0.1, -0.05) is 12.1 Å². The summed E-state index contributed by atoms with van der Waals surface area (Å²) >= 11 is 0. The largest absolute Gasteiger partial charge is 0.496 e. The van der Waals surface area contributed by atoms with E-state index in [0.717, 1.165) is 5.69 Å². The Bertz CT molecular complexity index is 970. The fourth-order valence-electron chi connectivity index (χ4n) is 2.53. The Kier molecular flexibility index (Phi) is 5.86. The number of benzene rings is 2. The average Bonchev–Trinajstić information content (AvgIpc) is 2.75. The highest BCUT2D eigenvalue weighted by atomic mass is 16.5. The lowest BCUT2D eigenvalue weighted by atomic mass is 10.2. The van der Waals surface area contributed by atoms with Gasteiger partial charge in [0.25, 0.3) is 5.91 Å². The molecule has 2 aromatic carbocycles. The van der Waals surface area contributed by atoms with E-state index in [9.17, 15) is 9.59 Å². The minimum atomic E-state index is -0.389. The summed E-state index contributed by atoms with van der Waals surface area (Å²) < 4.78 is 9.88. The summed E-state index contributed by atoms with van der Waals surface area (Å²) in [5.74, 6) is 0.431. The number of carbonyl (C=O) groups is 2. The predicted molar refractivity (Wildman–Crippen MR) is 106 cm³/mol. The van der Waals surface area contributed by atoms with E-state index in [-0.39, 0.29) is 11.9 Å². The predicted octanol–water partition coefficient (Wildman–Crippen LogP) is 3.87. The summed E-state index contributed by atoms with van der Waals surface area (Å²) in [6, 6.07) is 17.3. The normalized spacial score (nSPS) is 10.1. The number of esters is 1. The van der Waals surface area contributed by atoms with Gasteiger partial charge in [-0.25, -0.2) is 9.78 Å². The number of carbonyl (C=O) groups excluding carboxylic acids is 2. The Morgan fingerprint density at radius 1 is 0.893 bits per heavy atom. The van der Waals surface area contributed by atoms with Gasteiger partial charge in [-0.2, -0.15) is 0 Å². The molecule has 1 aromatic heterocycles. The zero-order chi connectivity index (χ0) is 19.9. The number of hydrogen-bond acceptors (Lipinski definition) is 6. The number of para-hydroxylation sites is 1. The van der Waals surface area contributed by atoms with E-state index >= 15 is 0 Å². The monoisotopic (exact) mass is 377 g/mol. The van der Waals surface area contributed by atoms with Crippen molar-refractivity contribution in [2.75, 3.05) is 24.9 Å². The molecule has 0 spiro atoms. The third-order valence-corrected chi connectivity index (χ3v) is 3.95. The number of pyridine rings is 1. The molecule has 28 heavy (non-hydrogen) atoms. The van der Waals surface area contributed by atoms with Gasteiger partial charge in [0.2, 0.25) is 0 Å². The second-order valence-electron chi connectivity index (χ2n) is 5.78. The summed E-state index contributed by atoms with van der Waals surface area (Å²) in [5, 5.41) is 5.91. The fourth-order valence-corrected chi connectivity index (χ4v) is 2.53. The molecule has 7 nitrogen and oxygen atoms in total. The second-order valence-corrected chi connectivity index (χ2v) is 5.78. The molecule has 0 saturated carbocycles. The summed E-state index contributed by atoms with van der Waals surface area (Å²) in [6.45, 7) is 0. The second kappa shape index (κ2) is 8.68. The van der Waals surface area contributed by atoms with Crippen molar-refractivity contribution in [3.63, 3.8) is 0 Å². The van der Waals surface area contributed by atoms with Crippen molar-refractivity contribution in [1.29, 1.82) is 0 Å². The molecule has 0 bridgehead atoms. The third kappa shape index (κ3) is 4.45. The Balaban J connectivity index is 1.65. The van der Waals surface area contributed by atoms with Crippen LogP contribution < -0.4 is 15.4 Å². The van der Waals surface area contributed by atoms with Crippen LogP contribution in [0.5, 0.6) is 5.75 Å². The molecule has 3 aromatic rings. The first-order valence-corrected chi connectivity index (χ1v) is 8.46. The highest BCUT2D eigenvalue weighted by Crippen LogP contribution is 2.20. The molecule has 2 N–H and O–H groups in total. The Morgan fingerprint density at radius 3 is 2.25 bits per heavy atom. The third-order valence-electron chi connectivity index (χ3n) is 3.95. The topological polar surface area (TPSA) is 89.6 Å². The van der Waals surface area contributed by atoms with E-state index in [1.807, 2.05) is 0 Å². The van der Waals surface area contributed by atoms with Crippen LogP contribution in [0.2, 0.25) is 0 Å². The van der Waals surface area contributed by atoms with E-state index in [0.29, 0.717) is 28.4 Å². The van der Waals surface area contributed by atoms with E-state index in [1.165, 1.54) is 14.2 Å². The molecule has 0 atom stereocenters. The Hall–Kier alpha value is -3.87. The van der Waals surface area contributed by atoms with Gasteiger partial charge in [0.05, 0.1) is 37.2 Å². The molecule has 0 fully saturated rings. The summed E-state index contributed by atoms with van der Waals surface area (Å²) in [5.41, 5.74) is 2.24. The first kappa shape index (κ1) is 18.9. The highest BCUT2D eigenvalue weighted by molar-refractivity contribution is 6.06. The molecule has 0 aliphatic heterocycles. The molecule has 0 radical (unpaired) electrons. The van der Waals surface area contributed by atoms with Crippen molar-refractivity contribution in [2.24, 2.45) is 0 Å². The van der Waals surface area contributed by atoms with E-state index in [1.54, 1.807) is 66.9 Å². The number of anilines is 3. The number of ether oxygens (including phenoxy) is 2. The maximum Gasteiger partial charge on any atom is 0.337 e. The van der Waals surface area contributed by atoms with Crippen molar-refractivity contribution in [2.45, 2.75) is 0 Å². The standard InChI is InChI=1S/C21H19N3O4/c1-27-18-6-4-3-5-17(18)20(25)24-16-11-12-19(22-13-16)23-15-9-7-14(8-10-15)21(26)28-2/h3-13H,1-2H3,(H,22,23)(H,24,25). The zero-order valence-corrected chi connectivity index (χ0v) is 15.4. The molecule has 0 saturated heterocycles. The van der Waals surface area contributed by atoms with Crippen molar-refractivity contribution in [1.82, 2.24) is 4.98 Å². The maximum atomic E-state index is 12.4. The van der Waals surface area contributed by atoms with Gasteiger partial charge in [0.15, 0.2) is 0 Å². The highest BCUT2D eigenvalue weighted by Gasteiger charge is 2.12. The zero-order valence-electron chi connectivity index (χ0n) is 15.4. The van der Waals surface area contributed by atoms with Crippen molar-refractivity contribution in [3.8, 4) is 5.75 Å². The molecule has 0 aliphatic carbocycles. The smallest absolute Gasteiger partial charge is 0.337 e. The van der Waals surface area contributed by atoms with Crippen LogP contribution in [0, 0.1) is 0 Å². The van der Waals surface area contributed by atoms with Gasteiger partial charge in [0.1, 0.15) is 11.6 Å². The van der Waals surface area contributed by atoms with Crippen LogP contribution in [0.25, 0.3) is 0 Å². The molecule has 1 amide bonds. The van der Waals surface area contributed by atoms with Crippen LogP contribution in [-0.2, 0) is 4.74 Å². The Morgan fingerprint density at radius 2 is 1.61 bits per heavy atom. The molecule has 0 aliphatic rings. The number of nitrogens with one attached hydrogen (secondary N) is 2. The van der Waals surface area contributed by atoms with Gasteiger partial charge in [-0.05, 0) is 48.5 Å². The summed E-state index contributed by atoms with van der Waals surface area (Å²) in [4.78, 5) is 28.2. The van der Waals surface area contributed by atoms with Crippen LogP contribution in [0.3, 0.4) is 0 Å². The van der Waals surface area contributed by atoms with Gasteiger partial charge >= 0.3 is 5.97 Å². The van der Waals surface area contributed by atoms with Gasteiger partial charge in [0, 0.05) is 5.69 Å². The summed E-state index contributed by atoms with van der Waals surface area (Å²) in [6.07, 6.45) is 1.55. The molecular weight excluding hydrogens is 358 g/mol. The SMILES string of the molecule is COC(=O)c1ccc(Nc2ccc(NC(=O)c3ccccc3OC)cn2)cc1. The molecule has 3 rings (SSSR count). The van der Waals surface area contributed by atoms with E-state index in [2.05, 4.69) is 20.4 Å². The van der Waals surface area contributed by atoms with Crippen molar-refractivity contribution in [3.05, 3.63) is 78.0 Å². The molecule has 142 valence electrons. The lowest BCUT2D eigenvalue weighted by Gasteiger charge is -2.10. The minimum absolute atomic E-state index is 0.279. The lowest BCUT2D eigenvalue weighted by molar-refractivity contribution is 0.0600. The molecular formula is C21H19N3O4. The summed E-state index contributed by atoms with van der Waals surface area (Å²) in [7, 11) is 2.86. The number of amides is 1. The van der Waals surface area contributed by atoms with Gasteiger partial charge < -0.3 is 20.1 Å². The molecule has 7 heteroatoms. The van der Waals surface area contributed by atoms with Gasteiger partial charge in [-0.15, -0.1) is 0 Å². The number of rotatable bonds is 6. The number of aromatic nitrogens is 1. The van der Waals surface area contributed by atoms with Gasteiger partial charge in [-0.3, -0.25) is 4.79 Å². The van der Waals surface area contributed by atoms with Crippen LogP contribution in [-0.4, -0.2) is 31.1 Å². The number of hydrogen-bond donors (Lipinski definition) is 2. The fraction of sp³-hybridized carbons (Fsp3) is 0.0952. The van der Waals surface area contributed by atoms with Crippen molar-refractivity contribution >= 4 is 29.1 Å². The number of nitrogens with zero attached hydrogens (tertiary/aromatic N) is 1. The average molecular weight is 377 g/mol. The Labute approximate surface area is 162 Å². The van der Waals surface area contributed by atoms with Crippen LogP contribution in [0.15, 0.2) is 66.9 Å². The van der Waals surface area contributed by atoms with Crippen LogP contribution in [0.1, 0.15) is 20.7 Å².